The average Bonchev–Trinajstić information content (AvgIpc) is 2.77. The van der Waals surface area contributed by atoms with E-state index >= 15 is 0 Å². The molecule has 2 amide bonds. The molecular weight excluding hydrogens is 338 g/mol. The summed E-state index contributed by atoms with van der Waals surface area (Å²) >= 11 is 0. The second-order valence-electron chi connectivity index (χ2n) is 6.66. The van der Waals surface area contributed by atoms with Crippen LogP contribution in [0.25, 0.3) is 0 Å². The van der Waals surface area contributed by atoms with Gasteiger partial charge in [-0.1, -0.05) is 0 Å². The Morgan fingerprint density at radius 1 is 1.24 bits per heavy atom. The van der Waals surface area contributed by atoms with E-state index in [1.54, 1.807) is 0 Å². The van der Waals surface area contributed by atoms with E-state index in [0.717, 1.165) is 0 Å². The molecule has 1 N–H and O–H groups in total. The number of alkyl halides is 2. The minimum Gasteiger partial charge on any atom is -0.395 e. The van der Waals surface area contributed by atoms with Crippen molar-refractivity contribution >= 4 is 17.5 Å². The highest BCUT2D eigenvalue weighted by molar-refractivity contribution is 6.39. The molecule has 9 heteroatoms. The Morgan fingerprint density at radius 2 is 1.92 bits per heavy atom. The molecule has 1 aromatic carbocycles. The average molecular weight is 356 g/mol. The number of hydrogen-bond donors (Lipinski definition) is 1. The van der Waals surface area contributed by atoms with Gasteiger partial charge >= 0.3 is 18.1 Å². The van der Waals surface area contributed by atoms with Gasteiger partial charge in [-0.3, -0.25) is 9.59 Å². The predicted molar refractivity (Wildman–Crippen MR) is 82.5 cm³/mol. The summed E-state index contributed by atoms with van der Waals surface area (Å²) in [4.78, 5) is 26.0. The van der Waals surface area contributed by atoms with Gasteiger partial charge in [0.15, 0.2) is 11.5 Å². The van der Waals surface area contributed by atoms with Gasteiger partial charge in [0.2, 0.25) is 0 Å². The first-order valence-electron chi connectivity index (χ1n) is 7.73. The maximum atomic E-state index is 13.0. The third-order valence-corrected chi connectivity index (χ3v) is 3.71. The fourth-order valence-electron chi connectivity index (χ4n) is 2.96. The maximum absolute atomic E-state index is 13.0. The van der Waals surface area contributed by atoms with Crippen LogP contribution in [-0.2, 0) is 14.3 Å². The Morgan fingerprint density at radius 3 is 2.60 bits per heavy atom. The van der Waals surface area contributed by atoms with Crippen LogP contribution >= 0.6 is 0 Å². The Hall–Kier alpha value is -2.42. The monoisotopic (exact) mass is 356 g/mol. The Labute approximate surface area is 142 Å². The van der Waals surface area contributed by atoms with Gasteiger partial charge in [-0.15, -0.1) is 8.78 Å². The summed E-state index contributed by atoms with van der Waals surface area (Å²) in [6.45, 7) is 6.05. The number of nitrogens with one attached hydrogen (secondary N) is 1. The highest BCUT2D eigenvalue weighted by Gasteiger charge is 2.43. The standard InChI is InChI=1S/C16H18F2N2O5/c1-9-7-20(8-15(2,3)23-9)14(22)13(21)19-10-4-5-11-12(6-10)25-16(17,18)24-11/h4-6,9H,7-8H2,1-3H3,(H,19,21). The summed E-state index contributed by atoms with van der Waals surface area (Å²) in [7, 11) is 0. The fourth-order valence-corrected chi connectivity index (χ4v) is 2.96. The van der Waals surface area contributed by atoms with Crippen molar-refractivity contribution in [3.63, 3.8) is 0 Å². The number of rotatable bonds is 1. The summed E-state index contributed by atoms with van der Waals surface area (Å²) in [5.74, 6) is -1.93. The lowest BCUT2D eigenvalue weighted by Gasteiger charge is -2.41. The molecule has 0 aliphatic carbocycles. The van der Waals surface area contributed by atoms with Gasteiger partial charge in [0.05, 0.1) is 11.7 Å². The second-order valence-corrected chi connectivity index (χ2v) is 6.66. The van der Waals surface area contributed by atoms with Gasteiger partial charge in [-0.2, -0.15) is 0 Å². The van der Waals surface area contributed by atoms with Crippen LogP contribution in [0.15, 0.2) is 18.2 Å². The predicted octanol–water partition coefficient (Wildman–Crippen LogP) is 1.97. The molecule has 1 saturated heterocycles. The van der Waals surface area contributed by atoms with E-state index in [-0.39, 0.29) is 29.8 Å². The van der Waals surface area contributed by atoms with Crippen LogP contribution in [0, 0.1) is 0 Å². The SMILES string of the molecule is CC1CN(C(=O)C(=O)Nc2ccc3c(c2)OC(F)(F)O3)CC(C)(C)O1. The Bertz CT molecular complexity index is 722. The molecule has 0 saturated carbocycles. The Kier molecular flexibility index (Phi) is 4.06. The number of benzene rings is 1. The van der Waals surface area contributed by atoms with Crippen LogP contribution in [0.1, 0.15) is 20.8 Å². The van der Waals surface area contributed by atoms with Gasteiger partial charge < -0.3 is 24.4 Å². The molecule has 0 radical (unpaired) electrons. The molecule has 1 fully saturated rings. The van der Waals surface area contributed by atoms with E-state index in [4.69, 9.17) is 4.74 Å². The molecule has 1 unspecified atom stereocenters. The van der Waals surface area contributed by atoms with E-state index in [1.165, 1.54) is 23.1 Å². The molecular formula is C16H18F2N2O5. The molecule has 0 spiro atoms. The number of morpholine rings is 1. The minimum absolute atomic E-state index is 0.141. The number of amides is 2. The highest BCUT2D eigenvalue weighted by Crippen LogP contribution is 2.42. The fraction of sp³-hybridized carbons (Fsp3) is 0.500. The van der Waals surface area contributed by atoms with Crippen LogP contribution in [0.4, 0.5) is 14.5 Å². The summed E-state index contributed by atoms with van der Waals surface area (Å²) < 4.78 is 40.3. The van der Waals surface area contributed by atoms with Gasteiger partial charge in [0, 0.05) is 24.8 Å². The topological polar surface area (TPSA) is 77.1 Å². The number of fused-ring (bicyclic) bond motifs is 1. The Balaban J connectivity index is 1.68. The summed E-state index contributed by atoms with van der Waals surface area (Å²) in [5.41, 5.74) is -0.406. The molecule has 2 aliphatic rings. The third kappa shape index (κ3) is 3.81. The van der Waals surface area contributed by atoms with Crippen molar-refractivity contribution in [3.05, 3.63) is 18.2 Å². The van der Waals surface area contributed by atoms with Crippen LogP contribution in [0.2, 0.25) is 0 Å². The molecule has 0 aromatic heterocycles. The molecule has 1 aromatic rings. The zero-order valence-corrected chi connectivity index (χ0v) is 14.0. The molecule has 7 nitrogen and oxygen atoms in total. The van der Waals surface area contributed by atoms with Gasteiger partial charge in [0.25, 0.3) is 0 Å². The van der Waals surface area contributed by atoms with Crippen molar-refractivity contribution in [2.24, 2.45) is 0 Å². The molecule has 2 heterocycles. The summed E-state index contributed by atoms with van der Waals surface area (Å²) in [5, 5.41) is 2.39. The van der Waals surface area contributed by atoms with Crippen molar-refractivity contribution in [1.82, 2.24) is 4.90 Å². The van der Waals surface area contributed by atoms with Crippen LogP contribution in [0.3, 0.4) is 0 Å². The zero-order valence-electron chi connectivity index (χ0n) is 14.0. The van der Waals surface area contributed by atoms with Crippen molar-refractivity contribution < 1.29 is 32.6 Å². The highest BCUT2D eigenvalue weighted by atomic mass is 19.3. The maximum Gasteiger partial charge on any atom is 0.586 e. The number of nitrogens with zero attached hydrogens (tertiary/aromatic N) is 1. The third-order valence-electron chi connectivity index (χ3n) is 3.71. The van der Waals surface area contributed by atoms with E-state index in [0.29, 0.717) is 6.54 Å². The van der Waals surface area contributed by atoms with Crippen LogP contribution in [0.5, 0.6) is 11.5 Å². The number of halogens is 2. The number of carbonyl (C=O) groups is 2. The molecule has 3 rings (SSSR count). The first kappa shape index (κ1) is 17.4. The zero-order chi connectivity index (χ0) is 18.4. The van der Waals surface area contributed by atoms with Crippen LogP contribution in [-0.4, -0.2) is 47.8 Å². The summed E-state index contributed by atoms with van der Waals surface area (Å²) in [6.07, 6.45) is -3.94. The minimum atomic E-state index is -3.74. The van der Waals surface area contributed by atoms with Crippen molar-refractivity contribution in [3.8, 4) is 11.5 Å². The molecule has 2 aliphatic heterocycles. The van der Waals surface area contributed by atoms with Crippen molar-refractivity contribution in [2.45, 2.75) is 38.8 Å². The van der Waals surface area contributed by atoms with E-state index in [1.807, 2.05) is 20.8 Å². The van der Waals surface area contributed by atoms with Gasteiger partial charge in [-0.05, 0) is 32.9 Å². The number of carbonyl (C=O) groups excluding carboxylic acids is 2. The first-order chi connectivity index (χ1) is 11.5. The lowest BCUT2D eigenvalue weighted by molar-refractivity contribution is -0.286. The first-order valence-corrected chi connectivity index (χ1v) is 7.73. The quantitative estimate of drug-likeness (QED) is 0.779. The van der Waals surface area contributed by atoms with E-state index in [9.17, 15) is 18.4 Å². The lowest BCUT2D eigenvalue weighted by Crippen LogP contribution is -2.56. The molecule has 1 atom stereocenters. The van der Waals surface area contributed by atoms with E-state index in [2.05, 4.69) is 14.8 Å². The second kappa shape index (κ2) is 5.83. The van der Waals surface area contributed by atoms with E-state index < -0.39 is 23.7 Å². The largest absolute Gasteiger partial charge is 0.586 e. The lowest BCUT2D eigenvalue weighted by atomic mass is 10.1. The van der Waals surface area contributed by atoms with Gasteiger partial charge in [0.1, 0.15) is 0 Å². The van der Waals surface area contributed by atoms with Crippen molar-refractivity contribution in [1.29, 1.82) is 0 Å². The van der Waals surface area contributed by atoms with Crippen molar-refractivity contribution in [2.75, 3.05) is 18.4 Å². The number of anilines is 1. The van der Waals surface area contributed by atoms with Crippen LogP contribution < -0.4 is 14.8 Å². The molecule has 0 bridgehead atoms. The smallest absolute Gasteiger partial charge is 0.395 e. The normalized spacial score (nSPS) is 23.2. The number of hydrogen-bond acceptors (Lipinski definition) is 5. The number of ether oxygens (including phenoxy) is 3. The molecule has 25 heavy (non-hydrogen) atoms. The molecule has 136 valence electrons. The van der Waals surface area contributed by atoms with Gasteiger partial charge in [-0.25, -0.2) is 0 Å². The summed E-state index contributed by atoms with van der Waals surface area (Å²) in [6, 6.07) is 3.75.